The Morgan fingerprint density at radius 2 is 2.44 bits per heavy atom. The van der Waals surface area contributed by atoms with Crippen molar-refractivity contribution in [1.82, 2.24) is 15.1 Å². The summed E-state index contributed by atoms with van der Waals surface area (Å²) >= 11 is 0. The monoisotopic (exact) mass is 251 g/mol. The Morgan fingerprint density at radius 3 is 3.11 bits per heavy atom. The summed E-state index contributed by atoms with van der Waals surface area (Å²) in [6, 6.07) is 2.87. The van der Waals surface area contributed by atoms with Gasteiger partial charge in [-0.05, 0) is 32.3 Å². The number of rotatable bonds is 6. The van der Waals surface area contributed by atoms with Crippen LogP contribution in [-0.4, -0.2) is 33.6 Å². The van der Waals surface area contributed by atoms with E-state index >= 15 is 0 Å². The Hall–Kier alpha value is -0.870. The van der Waals surface area contributed by atoms with Crippen LogP contribution in [0.1, 0.15) is 39.5 Å². The van der Waals surface area contributed by atoms with Crippen LogP contribution in [-0.2, 0) is 6.54 Å². The third-order valence-electron chi connectivity index (χ3n) is 4.28. The van der Waals surface area contributed by atoms with Crippen molar-refractivity contribution in [3.05, 3.63) is 18.5 Å². The molecular weight excluding hydrogens is 226 g/mol. The lowest BCUT2D eigenvalue weighted by atomic mass is 9.85. The van der Waals surface area contributed by atoms with Gasteiger partial charge in [-0.25, -0.2) is 0 Å². The number of aliphatic hydroxyl groups excluding tert-OH is 1. The van der Waals surface area contributed by atoms with Crippen LogP contribution < -0.4 is 5.32 Å². The number of hydrogen-bond acceptors (Lipinski definition) is 3. The zero-order valence-corrected chi connectivity index (χ0v) is 11.5. The molecule has 18 heavy (non-hydrogen) atoms. The standard InChI is InChI=1S/C14H25N3O/c1-12(6-10-17-9-4-8-15-17)16-13-5-3-7-14(13,2)11-18/h4,8-9,12-13,16,18H,3,5-7,10-11H2,1-2H3. The second-order valence-corrected chi connectivity index (χ2v) is 5.88. The normalized spacial score (nSPS) is 29.6. The molecule has 1 aliphatic carbocycles. The largest absolute Gasteiger partial charge is 0.396 e. The molecule has 4 heteroatoms. The van der Waals surface area contributed by atoms with Gasteiger partial charge in [-0.2, -0.15) is 5.10 Å². The van der Waals surface area contributed by atoms with Crippen molar-refractivity contribution in [3.8, 4) is 0 Å². The maximum atomic E-state index is 9.53. The van der Waals surface area contributed by atoms with Crippen molar-refractivity contribution >= 4 is 0 Å². The van der Waals surface area contributed by atoms with Crippen molar-refractivity contribution in [3.63, 3.8) is 0 Å². The van der Waals surface area contributed by atoms with E-state index in [0.29, 0.717) is 12.1 Å². The molecule has 0 spiro atoms. The molecule has 0 aliphatic heterocycles. The van der Waals surface area contributed by atoms with Crippen molar-refractivity contribution in [2.75, 3.05) is 6.61 Å². The number of nitrogens with zero attached hydrogens (tertiary/aromatic N) is 2. The third kappa shape index (κ3) is 3.12. The molecule has 1 aromatic heterocycles. The lowest BCUT2D eigenvalue weighted by molar-refractivity contribution is 0.113. The molecular formula is C14H25N3O. The van der Waals surface area contributed by atoms with E-state index in [9.17, 15) is 5.11 Å². The van der Waals surface area contributed by atoms with Gasteiger partial charge in [0, 0.05) is 43.0 Å². The molecule has 1 saturated carbocycles. The van der Waals surface area contributed by atoms with Gasteiger partial charge in [0.2, 0.25) is 0 Å². The summed E-state index contributed by atoms with van der Waals surface area (Å²) in [6.45, 7) is 5.65. The number of nitrogens with one attached hydrogen (secondary N) is 1. The Labute approximate surface area is 109 Å². The van der Waals surface area contributed by atoms with Gasteiger partial charge in [0.05, 0.1) is 0 Å². The van der Waals surface area contributed by atoms with Gasteiger partial charge in [-0.3, -0.25) is 4.68 Å². The summed E-state index contributed by atoms with van der Waals surface area (Å²) in [5.41, 5.74) is 0.0694. The highest BCUT2D eigenvalue weighted by atomic mass is 16.3. The zero-order chi connectivity index (χ0) is 13.0. The van der Waals surface area contributed by atoms with E-state index in [-0.39, 0.29) is 12.0 Å². The predicted molar refractivity (Wildman–Crippen MR) is 72.3 cm³/mol. The second kappa shape index (κ2) is 5.85. The predicted octanol–water partition coefficient (Wildman–Crippen LogP) is 1.80. The van der Waals surface area contributed by atoms with Crippen molar-refractivity contribution in [1.29, 1.82) is 0 Å². The minimum atomic E-state index is 0.0694. The lowest BCUT2D eigenvalue weighted by Crippen LogP contribution is -2.46. The zero-order valence-electron chi connectivity index (χ0n) is 11.5. The molecule has 1 heterocycles. The van der Waals surface area contributed by atoms with E-state index < -0.39 is 0 Å². The summed E-state index contributed by atoms with van der Waals surface area (Å²) in [5.74, 6) is 0. The average Bonchev–Trinajstić information content (AvgIpc) is 2.98. The van der Waals surface area contributed by atoms with Crippen LogP contribution in [0, 0.1) is 5.41 Å². The first-order valence-electron chi connectivity index (χ1n) is 6.98. The third-order valence-corrected chi connectivity index (χ3v) is 4.28. The molecule has 102 valence electrons. The smallest absolute Gasteiger partial charge is 0.0499 e. The Balaban J connectivity index is 1.78. The van der Waals surface area contributed by atoms with Crippen LogP contribution in [0.25, 0.3) is 0 Å². The Kier molecular flexibility index (Phi) is 4.40. The van der Waals surface area contributed by atoms with Crippen molar-refractivity contribution in [2.24, 2.45) is 5.41 Å². The molecule has 4 nitrogen and oxygen atoms in total. The maximum Gasteiger partial charge on any atom is 0.0499 e. The number of aromatic nitrogens is 2. The van der Waals surface area contributed by atoms with E-state index in [0.717, 1.165) is 19.4 Å². The summed E-state index contributed by atoms with van der Waals surface area (Å²) in [4.78, 5) is 0. The first-order valence-corrected chi connectivity index (χ1v) is 6.98. The van der Waals surface area contributed by atoms with Gasteiger partial charge in [0.15, 0.2) is 0 Å². The van der Waals surface area contributed by atoms with Crippen LogP contribution in [0.5, 0.6) is 0 Å². The highest BCUT2D eigenvalue weighted by Crippen LogP contribution is 2.37. The summed E-state index contributed by atoms with van der Waals surface area (Å²) in [7, 11) is 0. The SMILES string of the molecule is CC(CCn1cccn1)NC1CCCC1(C)CO. The minimum Gasteiger partial charge on any atom is -0.396 e. The molecule has 0 radical (unpaired) electrons. The first-order chi connectivity index (χ1) is 8.64. The number of aryl methyl sites for hydroxylation is 1. The maximum absolute atomic E-state index is 9.53. The first kappa shape index (κ1) is 13.6. The number of aliphatic hydroxyl groups is 1. The summed E-state index contributed by atoms with van der Waals surface area (Å²) in [5, 5.41) is 17.4. The fourth-order valence-electron chi connectivity index (χ4n) is 2.89. The number of hydrogen-bond donors (Lipinski definition) is 2. The molecule has 2 N–H and O–H groups in total. The minimum absolute atomic E-state index is 0.0694. The summed E-state index contributed by atoms with van der Waals surface area (Å²) < 4.78 is 1.97. The van der Waals surface area contributed by atoms with Crippen molar-refractivity contribution < 1.29 is 5.11 Å². The van der Waals surface area contributed by atoms with E-state index in [1.54, 1.807) is 0 Å². The van der Waals surface area contributed by atoms with Crippen LogP contribution in [0.4, 0.5) is 0 Å². The van der Waals surface area contributed by atoms with Gasteiger partial charge >= 0.3 is 0 Å². The quantitative estimate of drug-likeness (QED) is 0.810. The highest BCUT2D eigenvalue weighted by Gasteiger charge is 2.38. The molecule has 0 saturated heterocycles. The van der Waals surface area contributed by atoms with E-state index in [4.69, 9.17) is 0 Å². The average molecular weight is 251 g/mol. The Bertz CT molecular complexity index is 352. The van der Waals surface area contributed by atoms with Crippen LogP contribution in [0.3, 0.4) is 0 Å². The molecule has 2 rings (SSSR count). The van der Waals surface area contributed by atoms with Crippen LogP contribution in [0.2, 0.25) is 0 Å². The van der Waals surface area contributed by atoms with Gasteiger partial charge in [-0.15, -0.1) is 0 Å². The van der Waals surface area contributed by atoms with Crippen molar-refractivity contribution in [2.45, 2.75) is 58.2 Å². The van der Waals surface area contributed by atoms with E-state index in [1.807, 2.05) is 23.1 Å². The van der Waals surface area contributed by atoms with E-state index in [1.165, 1.54) is 12.8 Å². The van der Waals surface area contributed by atoms with Crippen LogP contribution >= 0.6 is 0 Å². The molecule has 0 bridgehead atoms. The second-order valence-electron chi connectivity index (χ2n) is 5.88. The topological polar surface area (TPSA) is 50.1 Å². The van der Waals surface area contributed by atoms with E-state index in [2.05, 4.69) is 24.3 Å². The fraction of sp³-hybridized carbons (Fsp3) is 0.786. The molecule has 1 aliphatic rings. The molecule has 3 unspecified atom stereocenters. The fourth-order valence-corrected chi connectivity index (χ4v) is 2.89. The van der Waals surface area contributed by atoms with Gasteiger partial charge < -0.3 is 10.4 Å². The highest BCUT2D eigenvalue weighted by molar-refractivity contribution is 4.94. The molecule has 1 fully saturated rings. The molecule has 3 atom stereocenters. The van der Waals surface area contributed by atoms with Gasteiger partial charge in [-0.1, -0.05) is 13.3 Å². The van der Waals surface area contributed by atoms with Gasteiger partial charge in [0.1, 0.15) is 0 Å². The van der Waals surface area contributed by atoms with Crippen LogP contribution in [0.15, 0.2) is 18.5 Å². The van der Waals surface area contributed by atoms with Gasteiger partial charge in [0.25, 0.3) is 0 Å². The Morgan fingerprint density at radius 1 is 1.61 bits per heavy atom. The molecule has 1 aromatic rings. The molecule has 0 aromatic carbocycles. The lowest BCUT2D eigenvalue weighted by Gasteiger charge is -2.32. The molecule has 0 amide bonds. The summed E-state index contributed by atoms with van der Waals surface area (Å²) in [6.07, 6.45) is 8.43.